The predicted molar refractivity (Wildman–Crippen MR) is 152 cm³/mol. The number of fused-ring (bicyclic) bond motifs is 2. The number of nitrogens with one attached hydrogen (secondary N) is 4. The first-order valence-electron chi connectivity index (χ1n) is 13.8. The van der Waals surface area contributed by atoms with Crippen LogP contribution in [-0.2, 0) is 9.47 Å². The summed E-state index contributed by atoms with van der Waals surface area (Å²) in [7, 11) is 0. The lowest BCUT2D eigenvalue weighted by molar-refractivity contribution is 0.0505. The van der Waals surface area contributed by atoms with E-state index in [-0.39, 0.29) is 18.0 Å². The molecule has 0 spiro atoms. The van der Waals surface area contributed by atoms with Crippen molar-refractivity contribution in [1.29, 1.82) is 0 Å². The Morgan fingerprint density at radius 3 is 2.58 bits per heavy atom. The Kier molecular flexibility index (Phi) is 6.83. The number of morpholine rings is 1. The van der Waals surface area contributed by atoms with Crippen molar-refractivity contribution in [3.63, 3.8) is 0 Å². The number of aromatic nitrogens is 4. The molecule has 2 amide bonds. The topological polar surface area (TPSA) is 137 Å². The van der Waals surface area contributed by atoms with Gasteiger partial charge in [0.25, 0.3) is 5.91 Å². The van der Waals surface area contributed by atoms with Crippen molar-refractivity contribution in [3.8, 4) is 11.5 Å². The summed E-state index contributed by atoms with van der Waals surface area (Å²) in [5.41, 5.74) is 4.40. The molecular weight excluding hydrogens is 510 g/mol. The third-order valence-electron chi connectivity index (χ3n) is 7.38. The van der Waals surface area contributed by atoms with Gasteiger partial charge in [-0.05, 0) is 76.4 Å². The molecule has 0 bridgehead atoms. The lowest BCUT2D eigenvalue weighted by atomic mass is 10.1. The molecule has 2 fully saturated rings. The summed E-state index contributed by atoms with van der Waals surface area (Å²) in [6.07, 6.45) is 1.81. The summed E-state index contributed by atoms with van der Waals surface area (Å²) in [5.74, 6) is 0.488. The Balaban J connectivity index is 1.16. The minimum Gasteiger partial charge on any atom is -0.444 e. The number of anilines is 1. The van der Waals surface area contributed by atoms with Crippen molar-refractivity contribution < 1.29 is 19.1 Å². The van der Waals surface area contributed by atoms with Crippen molar-refractivity contribution in [1.82, 2.24) is 30.8 Å². The van der Waals surface area contributed by atoms with Gasteiger partial charge < -0.3 is 30.0 Å². The second-order valence-electron chi connectivity index (χ2n) is 11.5. The second-order valence-corrected chi connectivity index (χ2v) is 11.5. The summed E-state index contributed by atoms with van der Waals surface area (Å²) in [6, 6.07) is 11.7. The number of ether oxygens (including phenoxy) is 2. The molecule has 6 rings (SSSR count). The molecule has 3 heterocycles. The number of H-pyrrole nitrogens is 2. The quantitative estimate of drug-likeness (QED) is 0.296. The Bertz CT molecular complexity index is 1550. The van der Waals surface area contributed by atoms with Crippen LogP contribution in [0.5, 0.6) is 0 Å². The number of hydrogen-bond donors (Lipinski definition) is 4. The molecule has 11 heteroatoms. The average molecular weight is 546 g/mol. The number of carbonyl (C=O) groups is 2. The molecule has 1 aliphatic carbocycles. The molecule has 2 aliphatic rings. The van der Waals surface area contributed by atoms with Gasteiger partial charge >= 0.3 is 6.09 Å². The zero-order valence-electron chi connectivity index (χ0n) is 23.0. The van der Waals surface area contributed by atoms with E-state index >= 15 is 0 Å². The van der Waals surface area contributed by atoms with Crippen LogP contribution in [0.25, 0.3) is 33.5 Å². The Morgan fingerprint density at radius 2 is 1.80 bits per heavy atom. The lowest BCUT2D eigenvalue weighted by Gasteiger charge is -2.28. The zero-order valence-corrected chi connectivity index (χ0v) is 23.0. The third kappa shape index (κ3) is 5.60. The van der Waals surface area contributed by atoms with E-state index in [9.17, 15) is 9.59 Å². The predicted octanol–water partition coefficient (Wildman–Crippen LogP) is 4.12. The van der Waals surface area contributed by atoms with E-state index < -0.39 is 11.7 Å². The highest BCUT2D eigenvalue weighted by Gasteiger charge is 2.29. The van der Waals surface area contributed by atoms with E-state index in [0.29, 0.717) is 23.5 Å². The Morgan fingerprint density at radius 1 is 1.02 bits per heavy atom. The molecule has 4 aromatic rings. The molecule has 2 aromatic carbocycles. The summed E-state index contributed by atoms with van der Waals surface area (Å²) in [6.45, 7) is 8.69. The number of carbonyl (C=O) groups excluding carboxylic acids is 2. The maximum Gasteiger partial charge on any atom is 0.407 e. The fourth-order valence-corrected chi connectivity index (χ4v) is 5.45. The van der Waals surface area contributed by atoms with E-state index in [2.05, 4.69) is 42.8 Å². The van der Waals surface area contributed by atoms with Gasteiger partial charge in [0.15, 0.2) is 5.82 Å². The molecule has 1 aliphatic heterocycles. The van der Waals surface area contributed by atoms with Crippen molar-refractivity contribution in [2.45, 2.75) is 57.7 Å². The summed E-state index contributed by atoms with van der Waals surface area (Å²) in [5, 5.41) is 14.4. The van der Waals surface area contributed by atoms with Crippen LogP contribution in [-0.4, -0.2) is 76.2 Å². The van der Waals surface area contributed by atoms with Crippen LogP contribution in [0.4, 0.5) is 10.5 Å². The molecule has 40 heavy (non-hydrogen) atoms. The summed E-state index contributed by atoms with van der Waals surface area (Å²) < 4.78 is 10.8. The van der Waals surface area contributed by atoms with Crippen LogP contribution in [0.3, 0.4) is 0 Å². The standard InChI is InChI=1S/C29H35N7O4/c1-29(2,3)40-28(38)31-19-6-5-18(15-19)30-27(37)17-4-8-22-21(14-17)25(35-34-22)26-32-23-9-7-20(16-24(23)33-26)36-10-12-39-13-11-36/h4,7-9,14,16,18-19H,5-6,10-13,15H2,1-3H3,(H,30,37)(H,31,38)(H,32,33)(H,34,35)/t18-,19+/m0/s1. The largest absolute Gasteiger partial charge is 0.444 e. The molecular formula is C29H35N7O4. The monoisotopic (exact) mass is 545 g/mol. The molecule has 210 valence electrons. The number of aromatic amines is 2. The summed E-state index contributed by atoms with van der Waals surface area (Å²) in [4.78, 5) is 35.8. The van der Waals surface area contributed by atoms with Crippen LogP contribution < -0.4 is 15.5 Å². The lowest BCUT2D eigenvalue weighted by Crippen LogP contribution is -2.39. The number of benzene rings is 2. The molecule has 0 radical (unpaired) electrons. The van der Waals surface area contributed by atoms with Gasteiger partial charge in [0.2, 0.25) is 0 Å². The van der Waals surface area contributed by atoms with Crippen LogP contribution >= 0.6 is 0 Å². The number of amides is 2. The van der Waals surface area contributed by atoms with Crippen LogP contribution in [0.1, 0.15) is 50.4 Å². The van der Waals surface area contributed by atoms with Crippen molar-refractivity contribution in [2.24, 2.45) is 0 Å². The molecule has 4 N–H and O–H groups in total. The van der Waals surface area contributed by atoms with Crippen molar-refractivity contribution in [3.05, 3.63) is 42.0 Å². The fraction of sp³-hybridized carbons (Fsp3) is 0.448. The highest BCUT2D eigenvalue weighted by molar-refractivity contribution is 6.01. The van der Waals surface area contributed by atoms with Gasteiger partial charge in [0.05, 0.1) is 29.8 Å². The smallest absolute Gasteiger partial charge is 0.407 e. The van der Waals surface area contributed by atoms with Gasteiger partial charge in [-0.2, -0.15) is 5.10 Å². The van der Waals surface area contributed by atoms with Crippen LogP contribution in [0, 0.1) is 0 Å². The van der Waals surface area contributed by atoms with E-state index in [4.69, 9.17) is 14.5 Å². The number of hydrogen-bond acceptors (Lipinski definition) is 7. The minimum atomic E-state index is -0.547. The van der Waals surface area contributed by atoms with Gasteiger partial charge in [-0.3, -0.25) is 9.89 Å². The van der Waals surface area contributed by atoms with Crippen molar-refractivity contribution >= 4 is 39.6 Å². The fourth-order valence-electron chi connectivity index (χ4n) is 5.45. The van der Waals surface area contributed by atoms with Gasteiger partial charge in [-0.25, -0.2) is 9.78 Å². The number of alkyl carbamates (subject to hydrolysis) is 1. The molecule has 0 unspecified atom stereocenters. The third-order valence-corrected chi connectivity index (χ3v) is 7.38. The number of nitrogens with zero attached hydrogens (tertiary/aromatic N) is 3. The van der Waals surface area contributed by atoms with E-state index in [1.165, 1.54) is 0 Å². The normalized spacial score (nSPS) is 19.7. The van der Waals surface area contributed by atoms with Crippen LogP contribution in [0.15, 0.2) is 36.4 Å². The number of imidazole rings is 1. The highest BCUT2D eigenvalue weighted by Crippen LogP contribution is 2.29. The van der Waals surface area contributed by atoms with E-state index in [0.717, 1.165) is 66.8 Å². The number of rotatable bonds is 5. The molecule has 11 nitrogen and oxygen atoms in total. The first-order chi connectivity index (χ1) is 19.2. The van der Waals surface area contributed by atoms with Gasteiger partial charge in [0, 0.05) is 41.8 Å². The molecule has 1 saturated carbocycles. The van der Waals surface area contributed by atoms with Crippen molar-refractivity contribution in [2.75, 3.05) is 31.2 Å². The molecule has 1 saturated heterocycles. The second kappa shape index (κ2) is 10.5. The highest BCUT2D eigenvalue weighted by atomic mass is 16.6. The maximum atomic E-state index is 13.2. The first-order valence-corrected chi connectivity index (χ1v) is 13.8. The maximum absolute atomic E-state index is 13.2. The molecule has 2 atom stereocenters. The van der Waals surface area contributed by atoms with Gasteiger partial charge in [-0.1, -0.05) is 0 Å². The minimum absolute atomic E-state index is 0.0250. The van der Waals surface area contributed by atoms with Gasteiger partial charge in [-0.15, -0.1) is 0 Å². The first kappa shape index (κ1) is 26.1. The van der Waals surface area contributed by atoms with Gasteiger partial charge in [0.1, 0.15) is 11.3 Å². The summed E-state index contributed by atoms with van der Waals surface area (Å²) >= 11 is 0. The average Bonchev–Trinajstić information content (AvgIpc) is 3.65. The molecule has 2 aromatic heterocycles. The Hall–Kier alpha value is -4.12. The zero-order chi connectivity index (χ0) is 27.9. The SMILES string of the molecule is CC(C)(C)OC(=O)N[C@@H]1CC[C@H](NC(=O)c2ccc3[nH]nc(-c4nc5ccc(N6CCOCC6)cc5[nH]4)c3c2)C1. The van der Waals surface area contributed by atoms with Crippen LogP contribution in [0.2, 0.25) is 0 Å². The Labute approximate surface area is 232 Å². The van der Waals surface area contributed by atoms with E-state index in [1.54, 1.807) is 6.07 Å². The van der Waals surface area contributed by atoms with E-state index in [1.807, 2.05) is 39.0 Å².